The standard InChI is InChI=1S/C24H27N5O4/c1-3-26(4-2)19-7-5-18(6-8-19)22-17-23(30)28(20-9-11-21(12-10-20)29(31)32)25-24(22)27-13-15-33-16-14-27/h5-12,17H,3-4,13-16H2,1-2H3. The number of benzene rings is 2. The summed E-state index contributed by atoms with van der Waals surface area (Å²) < 4.78 is 6.79. The molecule has 33 heavy (non-hydrogen) atoms. The van der Waals surface area contributed by atoms with Gasteiger partial charge in [-0.3, -0.25) is 14.9 Å². The van der Waals surface area contributed by atoms with Crippen LogP contribution in [0.2, 0.25) is 0 Å². The van der Waals surface area contributed by atoms with Gasteiger partial charge in [-0.25, -0.2) is 0 Å². The quantitative estimate of drug-likeness (QED) is 0.403. The van der Waals surface area contributed by atoms with Crippen molar-refractivity contribution in [2.24, 2.45) is 0 Å². The van der Waals surface area contributed by atoms with Crippen molar-refractivity contribution in [1.29, 1.82) is 0 Å². The molecule has 1 aliphatic heterocycles. The summed E-state index contributed by atoms with van der Waals surface area (Å²) in [5.41, 5.74) is 2.93. The van der Waals surface area contributed by atoms with Gasteiger partial charge in [0.2, 0.25) is 0 Å². The summed E-state index contributed by atoms with van der Waals surface area (Å²) >= 11 is 0. The van der Waals surface area contributed by atoms with Crippen LogP contribution in [0, 0.1) is 10.1 Å². The average Bonchev–Trinajstić information content (AvgIpc) is 2.86. The highest BCUT2D eigenvalue weighted by molar-refractivity contribution is 5.77. The van der Waals surface area contributed by atoms with E-state index in [1.54, 1.807) is 6.07 Å². The molecule has 4 rings (SSSR count). The fourth-order valence-corrected chi connectivity index (χ4v) is 4.01. The van der Waals surface area contributed by atoms with E-state index in [1.807, 2.05) is 12.1 Å². The van der Waals surface area contributed by atoms with E-state index in [2.05, 4.69) is 35.8 Å². The highest BCUT2D eigenvalue weighted by atomic mass is 16.6. The predicted molar refractivity (Wildman–Crippen MR) is 129 cm³/mol. The number of nitro groups is 1. The van der Waals surface area contributed by atoms with E-state index < -0.39 is 4.92 Å². The van der Waals surface area contributed by atoms with E-state index >= 15 is 0 Å². The first-order valence-corrected chi connectivity index (χ1v) is 11.1. The molecule has 2 heterocycles. The van der Waals surface area contributed by atoms with Crippen molar-refractivity contribution in [1.82, 2.24) is 9.78 Å². The van der Waals surface area contributed by atoms with Crippen LogP contribution < -0.4 is 15.4 Å². The van der Waals surface area contributed by atoms with Gasteiger partial charge in [0.15, 0.2) is 5.82 Å². The Balaban J connectivity index is 1.79. The van der Waals surface area contributed by atoms with Gasteiger partial charge in [0.1, 0.15) is 0 Å². The summed E-state index contributed by atoms with van der Waals surface area (Å²) in [5, 5.41) is 15.7. The number of non-ortho nitro benzene ring substituents is 1. The number of aromatic nitrogens is 2. The number of hydrogen-bond acceptors (Lipinski definition) is 7. The molecule has 172 valence electrons. The first-order valence-electron chi connectivity index (χ1n) is 11.1. The molecule has 0 spiro atoms. The molecule has 0 amide bonds. The third kappa shape index (κ3) is 4.73. The van der Waals surface area contributed by atoms with Gasteiger partial charge >= 0.3 is 0 Å². The number of hydrogen-bond donors (Lipinski definition) is 0. The maximum Gasteiger partial charge on any atom is 0.272 e. The topological polar surface area (TPSA) is 93.7 Å². The molecule has 1 saturated heterocycles. The molecule has 0 radical (unpaired) electrons. The molecule has 0 aliphatic carbocycles. The summed E-state index contributed by atoms with van der Waals surface area (Å²) in [6, 6.07) is 15.6. The van der Waals surface area contributed by atoms with Crippen LogP contribution in [0.25, 0.3) is 16.8 Å². The van der Waals surface area contributed by atoms with Gasteiger partial charge in [-0.05, 0) is 43.7 Å². The SMILES string of the molecule is CCN(CC)c1ccc(-c2cc(=O)n(-c3ccc([N+](=O)[O-])cc3)nc2N2CCOCC2)cc1. The third-order valence-electron chi connectivity index (χ3n) is 5.83. The second kappa shape index (κ2) is 9.83. The maximum absolute atomic E-state index is 13.1. The Labute approximate surface area is 192 Å². The van der Waals surface area contributed by atoms with Gasteiger partial charge in [-0.15, -0.1) is 5.10 Å². The van der Waals surface area contributed by atoms with Crippen LogP contribution in [0.5, 0.6) is 0 Å². The summed E-state index contributed by atoms with van der Waals surface area (Å²) in [6.45, 7) is 8.57. The van der Waals surface area contributed by atoms with E-state index in [-0.39, 0.29) is 11.2 Å². The molecule has 0 N–H and O–H groups in total. The Morgan fingerprint density at radius 1 is 1.03 bits per heavy atom. The molecule has 1 aromatic heterocycles. The Bertz CT molecular complexity index is 1160. The summed E-state index contributed by atoms with van der Waals surface area (Å²) in [6.07, 6.45) is 0. The second-order valence-corrected chi connectivity index (χ2v) is 7.72. The first-order chi connectivity index (χ1) is 16.0. The Morgan fingerprint density at radius 2 is 1.67 bits per heavy atom. The van der Waals surface area contributed by atoms with Gasteiger partial charge in [0, 0.05) is 55.6 Å². The van der Waals surface area contributed by atoms with E-state index in [4.69, 9.17) is 9.84 Å². The van der Waals surface area contributed by atoms with Gasteiger partial charge in [-0.1, -0.05) is 12.1 Å². The predicted octanol–water partition coefficient (Wildman–Crippen LogP) is 3.49. The van der Waals surface area contributed by atoms with Gasteiger partial charge in [-0.2, -0.15) is 4.68 Å². The highest BCUT2D eigenvalue weighted by Crippen LogP contribution is 2.30. The second-order valence-electron chi connectivity index (χ2n) is 7.72. The number of morpholine rings is 1. The zero-order chi connectivity index (χ0) is 23.4. The number of rotatable bonds is 7. The molecule has 2 aromatic carbocycles. The summed E-state index contributed by atoms with van der Waals surface area (Å²) in [4.78, 5) is 27.9. The Kier molecular flexibility index (Phi) is 6.69. The first kappa shape index (κ1) is 22.5. The molecule has 1 fully saturated rings. The van der Waals surface area contributed by atoms with Crippen LogP contribution in [-0.2, 0) is 4.74 Å². The largest absolute Gasteiger partial charge is 0.378 e. The molecule has 0 saturated carbocycles. The zero-order valence-corrected chi connectivity index (χ0v) is 18.8. The van der Waals surface area contributed by atoms with Gasteiger partial charge in [0.25, 0.3) is 11.2 Å². The monoisotopic (exact) mass is 449 g/mol. The van der Waals surface area contributed by atoms with Crippen molar-refractivity contribution in [2.75, 3.05) is 49.2 Å². The van der Waals surface area contributed by atoms with E-state index in [9.17, 15) is 14.9 Å². The van der Waals surface area contributed by atoms with Crippen molar-refractivity contribution in [3.63, 3.8) is 0 Å². The minimum atomic E-state index is -0.468. The molecule has 1 aliphatic rings. The lowest BCUT2D eigenvalue weighted by Crippen LogP contribution is -2.38. The Morgan fingerprint density at radius 3 is 2.24 bits per heavy atom. The molecular weight excluding hydrogens is 422 g/mol. The van der Waals surface area contributed by atoms with Crippen molar-refractivity contribution < 1.29 is 9.66 Å². The van der Waals surface area contributed by atoms with Crippen LogP contribution in [-0.4, -0.2) is 54.1 Å². The van der Waals surface area contributed by atoms with Crippen LogP contribution in [0.15, 0.2) is 59.4 Å². The minimum Gasteiger partial charge on any atom is -0.378 e. The fourth-order valence-electron chi connectivity index (χ4n) is 4.01. The van der Waals surface area contributed by atoms with E-state index in [0.717, 1.165) is 29.9 Å². The van der Waals surface area contributed by atoms with Crippen molar-refractivity contribution in [3.05, 3.63) is 75.1 Å². The molecule has 9 heteroatoms. The van der Waals surface area contributed by atoms with Crippen LogP contribution in [0.4, 0.5) is 17.2 Å². The van der Waals surface area contributed by atoms with Crippen LogP contribution in [0.3, 0.4) is 0 Å². The molecule has 0 atom stereocenters. The zero-order valence-electron chi connectivity index (χ0n) is 18.8. The number of nitrogens with zero attached hydrogens (tertiary/aromatic N) is 5. The average molecular weight is 450 g/mol. The molecule has 0 unspecified atom stereocenters. The number of ether oxygens (including phenoxy) is 1. The minimum absolute atomic E-state index is 0.0369. The maximum atomic E-state index is 13.1. The lowest BCUT2D eigenvalue weighted by Gasteiger charge is -2.30. The van der Waals surface area contributed by atoms with Gasteiger partial charge in [0.05, 0.1) is 23.8 Å². The molecule has 0 bridgehead atoms. The van der Waals surface area contributed by atoms with E-state index in [0.29, 0.717) is 37.8 Å². The summed E-state index contributed by atoms with van der Waals surface area (Å²) in [7, 11) is 0. The summed E-state index contributed by atoms with van der Waals surface area (Å²) in [5.74, 6) is 0.687. The van der Waals surface area contributed by atoms with Crippen molar-refractivity contribution in [2.45, 2.75) is 13.8 Å². The third-order valence-corrected chi connectivity index (χ3v) is 5.83. The van der Waals surface area contributed by atoms with E-state index in [1.165, 1.54) is 28.9 Å². The number of nitro benzene ring substituents is 1. The van der Waals surface area contributed by atoms with Gasteiger partial charge < -0.3 is 14.5 Å². The number of anilines is 2. The molecule has 3 aromatic rings. The molecule has 9 nitrogen and oxygen atoms in total. The lowest BCUT2D eigenvalue weighted by atomic mass is 10.1. The van der Waals surface area contributed by atoms with Crippen molar-refractivity contribution in [3.8, 4) is 16.8 Å². The Hall–Kier alpha value is -3.72. The van der Waals surface area contributed by atoms with Crippen LogP contribution >= 0.6 is 0 Å². The highest BCUT2D eigenvalue weighted by Gasteiger charge is 2.20. The van der Waals surface area contributed by atoms with Crippen molar-refractivity contribution >= 4 is 17.2 Å². The fraction of sp³-hybridized carbons (Fsp3) is 0.333. The normalized spacial score (nSPS) is 13.7. The van der Waals surface area contributed by atoms with Crippen LogP contribution in [0.1, 0.15) is 13.8 Å². The smallest absolute Gasteiger partial charge is 0.272 e. The lowest BCUT2D eigenvalue weighted by molar-refractivity contribution is -0.384. The molecular formula is C24H27N5O4.